The third-order valence-corrected chi connectivity index (χ3v) is 3.55. The van der Waals surface area contributed by atoms with E-state index < -0.39 is 0 Å². The lowest BCUT2D eigenvalue weighted by atomic mass is 10.00. The molecule has 0 fully saturated rings. The van der Waals surface area contributed by atoms with Gasteiger partial charge in [-0.2, -0.15) is 0 Å². The first-order valence-electron chi connectivity index (χ1n) is 6.77. The summed E-state index contributed by atoms with van der Waals surface area (Å²) in [5.74, 6) is 0. The highest BCUT2D eigenvalue weighted by molar-refractivity contribution is 5.78. The molecule has 3 nitrogen and oxygen atoms in total. The minimum atomic E-state index is 0.259. The Morgan fingerprint density at radius 1 is 1.10 bits per heavy atom. The molecule has 1 atom stereocenters. The second kappa shape index (κ2) is 5.80. The first-order valence-corrected chi connectivity index (χ1v) is 6.77. The Balaban J connectivity index is 1.91. The van der Waals surface area contributed by atoms with Crippen LogP contribution >= 0.6 is 0 Å². The molecule has 2 aromatic heterocycles. The minimum Gasteiger partial charge on any atom is -0.313 e. The normalized spacial score (nSPS) is 12.4. The summed E-state index contributed by atoms with van der Waals surface area (Å²) in [5, 5.41) is 4.55. The lowest BCUT2D eigenvalue weighted by Crippen LogP contribution is -2.19. The monoisotopic (exact) mass is 263 g/mol. The summed E-state index contributed by atoms with van der Waals surface area (Å²) in [6.45, 7) is 0. The van der Waals surface area contributed by atoms with Crippen molar-refractivity contribution in [3.63, 3.8) is 0 Å². The largest absolute Gasteiger partial charge is 0.313 e. The lowest BCUT2D eigenvalue weighted by molar-refractivity contribution is 0.590. The Kier molecular flexibility index (Phi) is 3.70. The van der Waals surface area contributed by atoms with Gasteiger partial charge in [0, 0.05) is 30.0 Å². The molecule has 0 aliphatic heterocycles. The van der Waals surface area contributed by atoms with Gasteiger partial charge in [0.25, 0.3) is 0 Å². The Hall–Kier alpha value is -2.26. The van der Waals surface area contributed by atoms with Crippen LogP contribution in [0, 0.1) is 0 Å². The van der Waals surface area contributed by atoms with Crippen molar-refractivity contribution in [1.82, 2.24) is 15.3 Å². The molecule has 0 radical (unpaired) electrons. The van der Waals surface area contributed by atoms with E-state index in [1.165, 1.54) is 16.5 Å². The maximum atomic E-state index is 4.54. The number of hydrogen-bond acceptors (Lipinski definition) is 3. The van der Waals surface area contributed by atoms with E-state index in [-0.39, 0.29) is 6.04 Å². The van der Waals surface area contributed by atoms with Crippen molar-refractivity contribution in [3.8, 4) is 0 Å². The summed E-state index contributed by atoms with van der Waals surface area (Å²) in [6.07, 6.45) is 6.56. The molecule has 3 aromatic rings. The van der Waals surface area contributed by atoms with Crippen LogP contribution in [0.4, 0.5) is 0 Å². The predicted molar refractivity (Wildman–Crippen MR) is 81.5 cm³/mol. The van der Waals surface area contributed by atoms with Crippen molar-refractivity contribution in [1.29, 1.82) is 0 Å². The first kappa shape index (κ1) is 12.8. The zero-order chi connectivity index (χ0) is 13.8. The summed E-state index contributed by atoms with van der Waals surface area (Å²) in [7, 11) is 1.99. The molecule has 1 unspecified atom stereocenters. The molecule has 3 rings (SSSR count). The number of rotatable bonds is 4. The molecule has 100 valence electrons. The van der Waals surface area contributed by atoms with Gasteiger partial charge >= 0.3 is 0 Å². The van der Waals surface area contributed by atoms with Crippen LogP contribution in [0.2, 0.25) is 0 Å². The Morgan fingerprint density at radius 3 is 2.70 bits per heavy atom. The van der Waals surface area contributed by atoms with Gasteiger partial charge in [0.1, 0.15) is 0 Å². The van der Waals surface area contributed by atoms with Crippen LogP contribution in [-0.2, 0) is 6.42 Å². The average Bonchev–Trinajstić information content (AvgIpc) is 2.53. The van der Waals surface area contributed by atoms with Crippen LogP contribution in [0.1, 0.15) is 17.2 Å². The molecule has 0 aliphatic rings. The fourth-order valence-electron chi connectivity index (χ4n) is 2.42. The van der Waals surface area contributed by atoms with Crippen LogP contribution in [0.5, 0.6) is 0 Å². The highest BCUT2D eigenvalue weighted by Crippen LogP contribution is 2.21. The lowest BCUT2D eigenvalue weighted by Gasteiger charge is -2.17. The van der Waals surface area contributed by atoms with Gasteiger partial charge < -0.3 is 5.32 Å². The number of nitrogens with one attached hydrogen (secondary N) is 1. The number of likely N-dealkylation sites (N-methyl/N-ethyl adjacent to an activating group) is 1. The van der Waals surface area contributed by atoms with Crippen LogP contribution in [0.3, 0.4) is 0 Å². The number of pyridine rings is 2. The summed E-state index contributed by atoms with van der Waals surface area (Å²) in [5.41, 5.74) is 3.52. The molecule has 0 amide bonds. The number of benzene rings is 1. The zero-order valence-corrected chi connectivity index (χ0v) is 11.5. The molecule has 0 bridgehead atoms. The van der Waals surface area contributed by atoms with Gasteiger partial charge in [-0.15, -0.1) is 0 Å². The maximum absolute atomic E-state index is 4.54. The summed E-state index contributed by atoms with van der Waals surface area (Å²) < 4.78 is 0. The van der Waals surface area contributed by atoms with Crippen molar-refractivity contribution in [2.75, 3.05) is 7.05 Å². The number of fused-ring (bicyclic) bond motifs is 1. The van der Waals surface area contributed by atoms with E-state index in [4.69, 9.17) is 0 Å². The van der Waals surface area contributed by atoms with Gasteiger partial charge in [0.15, 0.2) is 0 Å². The van der Waals surface area contributed by atoms with Crippen LogP contribution in [0.15, 0.2) is 61.1 Å². The van der Waals surface area contributed by atoms with Crippen molar-refractivity contribution in [2.45, 2.75) is 12.5 Å². The van der Waals surface area contributed by atoms with E-state index in [1.54, 1.807) is 0 Å². The van der Waals surface area contributed by atoms with Crippen molar-refractivity contribution >= 4 is 10.9 Å². The van der Waals surface area contributed by atoms with E-state index in [1.807, 2.05) is 43.8 Å². The predicted octanol–water partition coefficient (Wildman–Crippen LogP) is 3.13. The van der Waals surface area contributed by atoms with Gasteiger partial charge in [-0.1, -0.05) is 18.2 Å². The summed E-state index contributed by atoms with van der Waals surface area (Å²) in [4.78, 5) is 8.60. The van der Waals surface area contributed by atoms with Crippen molar-refractivity contribution in [3.05, 3.63) is 72.2 Å². The van der Waals surface area contributed by atoms with Crippen LogP contribution < -0.4 is 5.32 Å². The zero-order valence-electron chi connectivity index (χ0n) is 11.5. The Morgan fingerprint density at radius 2 is 1.90 bits per heavy atom. The van der Waals surface area contributed by atoms with Crippen LogP contribution in [0.25, 0.3) is 10.9 Å². The van der Waals surface area contributed by atoms with Gasteiger partial charge in [-0.05, 0) is 48.9 Å². The van der Waals surface area contributed by atoms with E-state index in [0.29, 0.717) is 0 Å². The van der Waals surface area contributed by atoms with Crippen molar-refractivity contribution in [2.24, 2.45) is 0 Å². The number of para-hydroxylation sites is 1. The van der Waals surface area contributed by atoms with Gasteiger partial charge in [-0.25, -0.2) is 0 Å². The quantitative estimate of drug-likeness (QED) is 0.786. The number of hydrogen-bond donors (Lipinski definition) is 1. The molecule has 0 saturated heterocycles. The second-order valence-electron chi connectivity index (χ2n) is 4.86. The topological polar surface area (TPSA) is 37.8 Å². The summed E-state index contributed by atoms with van der Waals surface area (Å²) >= 11 is 0. The van der Waals surface area contributed by atoms with E-state index in [0.717, 1.165) is 11.9 Å². The molecule has 0 spiro atoms. The fourth-order valence-corrected chi connectivity index (χ4v) is 2.42. The smallest absolute Gasteiger partial charge is 0.0702 e. The summed E-state index contributed by atoms with van der Waals surface area (Å²) in [6, 6.07) is 14.8. The Bertz CT molecular complexity index is 695. The molecule has 1 N–H and O–H groups in total. The van der Waals surface area contributed by atoms with E-state index >= 15 is 0 Å². The maximum Gasteiger partial charge on any atom is 0.0702 e. The molecule has 2 heterocycles. The number of nitrogens with zero attached hydrogens (tertiary/aromatic N) is 2. The van der Waals surface area contributed by atoms with Gasteiger partial charge in [0.05, 0.1) is 5.52 Å². The molecule has 0 aliphatic carbocycles. The van der Waals surface area contributed by atoms with Gasteiger partial charge in [0.2, 0.25) is 0 Å². The third kappa shape index (κ3) is 2.68. The SMILES string of the molecule is CNC(Cc1ccncc1)c1cnc2ccccc2c1. The van der Waals surface area contributed by atoms with E-state index in [2.05, 4.69) is 39.6 Å². The molecule has 3 heteroatoms. The standard InChI is InChI=1S/C17H17N3/c1-18-17(10-13-6-8-19-9-7-13)15-11-14-4-2-3-5-16(14)20-12-15/h2-9,11-12,17-18H,10H2,1H3. The molecular weight excluding hydrogens is 246 g/mol. The molecule has 0 saturated carbocycles. The molecule has 20 heavy (non-hydrogen) atoms. The van der Waals surface area contributed by atoms with Crippen molar-refractivity contribution < 1.29 is 0 Å². The molecular formula is C17H17N3. The highest BCUT2D eigenvalue weighted by Gasteiger charge is 2.11. The van der Waals surface area contributed by atoms with Gasteiger partial charge in [-0.3, -0.25) is 9.97 Å². The minimum absolute atomic E-state index is 0.259. The number of aromatic nitrogens is 2. The third-order valence-electron chi connectivity index (χ3n) is 3.55. The fraction of sp³-hybridized carbons (Fsp3) is 0.176. The van der Waals surface area contributed by atoms with E-state index in [9.17, 15) is 0 Å². The highest BCUT2D eigenvalue weighted by atomic mass is 14.9. The second-order valence-corrected chi connectivity index (χ2v) is 4.86. The van der Waals surface area contributed by atoms with Crippen LogP contribution in [-0.4, -0.2) is 17.0 Å². The first-order chi connectivity index (χ1) is 9.86. The Labute approximate surface area is 118 Å². The average molecular weight is 263 g/mol. The molecule has 1 aromatic carbocycles.